The van der Waals surface area contributed by atoms with Gasteiger partial charge in [-0.15, -0.1) is 12.4 Å². The largest absolute Gasteiger partial charge is 0.312 e. The van der Waals surface area contributed by atoms with E-state index in [0.29, 0.717) is 6.04 Å². The first-order valence-electron chi connectivity index (χ1n) is 4.03. The van der Waals surface area contributed by atoms with Crippen molar-refractivity contribution in [2.24, 2.45) is 0 Å². The Morgan fingerprint density at radius 2 is 2.42 bits per heavy atom. The summed E-state index contributed by atoms with van der Waals surface area (Å²) in [5, 5.41) is 3.26. The van der Waals surface area contributed by atoms with Crippen molar-refractivity contribution in [2.45, 2.75) is 18.9 Å². The van der Waals surface area contributed by atoms with E-state index in [1.807, 2.05) is 19.3 Å². The highest BCUT2D eigenvalue weighted by atomic mass is 35.5. The summed E-state index contributed by atoms with van der Waals surface area (Å²) >= 11 is 0. The third kappa shape index (κ3) is 1.45. The highest BCUT2D eigenvalue weighted by Crippen LogP contribution is 2.27. The predicted molar refractivity (Wildman–Crippen MR) is 51.6 cm³/mol. The van der Waals surface area contributed by atoms with Crippen molar-refractivity contribution in [3.05, 3.63) is 29.6 Å². The van der Waals surface area contributed by atoms with Crippen molar-refractivity contribution < 1.29 is 0 Å². The smallest absolute Gasteiger partial charge is 0.0605 e. The highest BCUT2D eigenvalue weighted by Gasteiger charge is 2.20. The molecule has 0 aromatic carbocycles. The van der Waals surface area contributed by atoms with Gasteiger partial charge in [0.05, 0.1) is 5.69 Å². The summed E-state index contributed by atoms with van der Waals surface area (Å²) in [5.41, 5.74) is 2.65. The lowest BCUT2D eigenvalue weighted by atomic mass is 10.2. The maximum Gasteiger partial charge on any atom is 0.0605 e. The van der Waals surface area contributed by atoms with E-state index in [1.165, 1.54) is 24.1 Å². The lowest BCUT2D eigenvalue weighted by Crippen LogP contribution is -2.13. The number of pyridine rings is 1. The Kier molecular flexibility index (Phi) is 3.06. The van der Waals surface area contributed by atoms with Gasteiger partial charge < -0.3 is 5.32 Å². The van der Waals surface area contributed by atoms with Crippen LogP contribution in [0.15, 0.2) is 18.3 Å². The monoisotopic (exact) mass is 184 g/mol. The quantitative estimate of drug-likeness (QED) is 0.719. The summed E-state index contributed by atoms with van der Waals surface area (Å²) in [7, 11) is 1.99. The molecule has 0 spiro atoms. The molecule has 0 aliphatic heterocycles. The molecule has 0 fully saturated rings. The van der Waals surface area contributed by atoms with E-state index in [-0.39, 0.29) is 12.4 Å². The van der Waals surface area contributed by atoms with Crippen LogP contribution in [-0.2, 0) is 6.42 Å². The molecule has 0 bridgehead atoms. The number of aromatic nitrogens is 1. The van der Waals surface area contributed by atoms with Crippen LogP contribution >= 0.6 is 12.4 Å². The molecule has 12 heavy (non-hydrogen) atoms. The van der Waals surface area contributed by atoms with Gasteiger partial charge in [0.15, 0.2) is 0 Å². The Bertz CT molecular complexity index is 262. The van der Waals surface area contributed by atoms with Crippen LogP contribution in [0.2, 0.25) is 0 Å². The molecule has 1 aliphatic rings. The number of hydrogen-bond acceptors (Lipinski definition) is 2. The fourth-order valence-corrected chi connectivity index (χ4v) is 1.69. The molecule has 2 nitrogen and oxygen atoms in total. The molecule has 66 valence electrons. The summed E-state index contributed by atoms with van der Waals surface area (Å²) < 4.78 is 0. The first-order valence-corrected chi connectivity index (χ1v) is 4.03. The van der Waals surface area contributed by atoms with E-state index in [2.05, 4.69) is 16.4 Å². The van der Waals surface area contributed by atoms with Gasteiger partial charge in [-0.25, -0.2) is 0 Å². The van der Waals surface area contributed by atoms with Crippen molar-refractivity contribution in [1.82, 2.24) is 10.3 Å². The number of nitrogens with one attached hydrogen (secondary N) is 1. The summed E-state index contributed by atoms with van der Waals surface area (Å²) in [4.78, 5) is 4.35. The third-order valence-corrected chi connectivity index (χ3v) is 2.31. The number of hydrogen-bond donors (Lipinski definition) is 1. The summed E-state index contributed by atoms with van der Waals surface area (Å²) in [6.07, 6.45) is 4.24. The molecule has 1 atom stereocenters. The van der Waals surface area contributed by atoms with Gasteiger partial charge in [-0.05, 0) is 31.5 Å². The van der Waals surface area contributed by atoms with Crippen LogP contribution in [0.25, 0.3) is 0 Å². The van der Waals surface area contributed by atoms with Crippen LogP contribution in [0.3, 0.4) is 0 Å². The maximum atomic E-state index is 4.35. The normalized spacial score (nSPS) is 19.9. The second kappa shape index (κ2) is 3.87. The Morgan fingerprint density at radius 3 is 3.17 bits per heavy atom. The number of rotatable bonds is 1. The van der Waals surface area contributed by atoms with Crippen LogP contribution in [-0.4, -0.2) is 12.0 Å². The van der Waals surface area contributed by atoms with Crippen LogP contribution in [0.1, 0.15) is 23.7 Å². The Morgan fingerprint density at radius 1 is 1.58 bits per heavy atom. The fourth-order valence-electron chi connectivity index (χ4n) is 1.69. The van der Waals surface area contributed by atoms with Gasteiger partial charge in [0.1, 0.15) is 0 Å². The van der Waals surface area contributed by atoms with Crippen molar-refractivity contribution in [2.75, 3.05) is 7.05 Å². The SMILES string of the molecule is CNC1CCc2cccnc21.Cl. The third-order valence-electron chi connectivity index (χ3n) is 2.31. The molecule has 1 unspecified atom stereocenters. The number of nitrogens with zero attached hydrogens (tertiary/aromatic N) is 1. The van der Waals surface area contributed by atoms with E-state index in [1.54, 1.807) is 0 Å². The van der Waals surface area contributed by atoms with Gasteiger partial charge in [-0.3, -0.25) is 4.98 Å². The van der Waals surface area contributed by atoms with E-state index >= 15 is 0 Å². The molecule has 0 amide bonds. The molecule has 1 aromatic rings. The zero-order valence-corrected chi connectivity index (χ0v) is 7.90. The van der Waals surface area contributed by atoms with Gasteiger partial charge >= 0.3 is 0 Å². The molecule has 2 rings (SSSR count). The first kappa shape index (κ1) is 9.49. The highest BCUT2D eigenvalue weighted by molar-refractivity contribution is 5.85. The van der Waals surface area contributed by atoms with Crippen molar-refractivity contribution in [3.63, 3.8) is 0 Å². The Balaban J connectivity index is 0.000000720. The second-order valence-corrected chi connectivity index (χ2v) is 2.93. The van der Waals surface area contributed by atoms with E-state index in [0.717, 1.165) is 0 Å². The Hall–Kier alpha value is -0.600. The van der Waals surface area contributed by atoms with Crippen LogP contribution in [0.5, 0.6) is 0 Å². The molecule has 1 aliphatic carbocycles. The molecule has 1 aromatic heterocycles. The standard InChI is InChI=1S/C9H12N2.ClH/c1-10-8-5-4-7-3-2-6-11-9(7)8;/h2-3,6,8,10H,4-5H2,1H3;1H. The van der Waals surface area contributed by atoms with Gasteiger partial charge in [0, 0.05) is 12.2 Å². The molecule has 0 radical (unpaired) electrons. The molecule has 3 heteroatoms. The maximum absolute atomic E-state index is 4.35. The molecule has 1 heterocycles. The number of aryl methyl sites for hydroxylation is 1. The van der Waals surface area contributed by atoms with Crippen molar-refractivity contribution in [1.29, 1.82) is 0 Å². The zero-order chi connectivity index (χ0) is 7.68. The number of halogens is 1. The van der Waals surface area contributed by atoms with E-state index in [4.69, 9.17) is 0 Å². The predicted octanol–water partition coefficient (Wildman–Crippen LogP) is 1.71. The number of fused-ring (bicyclic) bond motifs is 1. The molecule has 0 saturated carbocycles. The van der Waals surface area contributed by atoms with Gasteiger partial charge in [-0.2, -0.15) is 0 Å². The lowest BCUT2D eigenvalue weighted by Gasteiger charge is -2.07. The van der Waals surface area contributed by atoms with Crippen molar-refractivity contribution >= 4 is 12.4 Å². The first-order chi connectivity index (χ1) is 5.42. The minimum absolute atomic E-state index is 0. The minimum atomic E-state index is 0. The fraction of sp³-hybridized carbons (Fsp3) is 0.444. The van der Waals surface area contributed by atoms with Gasteiger partial charge in [-0.1, -0.05) is 6.07 Å². The van der Waals surface area contributed by atoms with E-state index < -0.39 is 0 Å². The molecular weight excluding hydrogens is 172 g/mol. The van der Waals surface area contributed by atoms with Crippen LogP contribution in [0.4, 0.5) is 0 Å². The topological polar surface area (TPSA) is 24.9 Å². The van der Waals surface area contributed by atoms with Crippen LogP contribution in [0, 0.1) is 0 Å². The lowest BCUT2D eigenvalue weighted by molar-refractivity contribution is 0.579. The van der Waals surface area contributed by atoms with Gasteiger partial charge in [0.2, 0.25) is 0 Å². The average Bonchev–Trinajstić information content (AvgIpc) is 2.47. The zero-order valence-electron chi connectivity index (χ0n) is 7.08. The van der Waals surface area contributed by atoms with Crippen molar-refractivity contribution in [3.8, 4) is 0 Å². The summed E-state index contributed by atoms with van der Waals surface area (Å²) in [6, 6.07) is 4.67. The summed E-state index contributed by atoms with van der Waals surface area (Å²) in [6.45, 7) is 0. The molecule has 1 N–H and O–H groups in total. The van der Waals surface area contributed by atoms with Crippen LogP contribution < -0.4 is 5.32 Å². The van der Waals surface area contributed by atoms with Gasteiger partial charge in [0.25, 0.3) is 0 Å². The summed E-state index contributed by atoms with van der Waals surface area (Å²) in [5.74, 6) is 0. The molecular formula is C9H13ClN2. The Labute approximate surface area is 78.8 Å². The second-order valence-electron chi connectivity index (χ2n) is 2.93. The molecule has 0 saturated heterocycles. The average molecular weight is 185 g/mol. The van der Waals surface area contributed by atoms with E-state index in [9.17, 15) is 0 Å². The minimum Gasteiger partial charge on any atom is -0.312 e.